The van der Waals surface area contributed by atoms with Crippen LogP contribution in [0.3, 0.4) is 0 Å². The molecule has 118 valence electrons. The fourth-order valence-corrected chi connectivity index (χ4v) is 2.07. The number of carbonyl (C=O) groups excluding carboxylic acids is 1. The van der Waals surface area contributed by atoms with Crippen LogP contribution in [0.4, 0.5) is 4.79 Å². The van der Waals surface area contributed by atoms with Crippen LogP contribution in [0.1, 0.15) is 25.8 Å². The highest BCUT2D eigenvalue weighted by atomic mass is 16.5. The summed E-state index contributed by atoms with van der Waals surface area (Å²) in [4.78, 5) is 13.3. The summed E-state index contributed by atoms with van der Waals surface area (Å²) in [6.45, 7) is 4.28. The van der Waals surface area contributed by atoms with E-state index in [-0.39, 0.29) is 6.03 Å². The van der Waals surface area contributed by atoms with Gasteiger partial charge in [0.1, 0.15) is 5.75 Å². The lowest BCUT2D eigenvalue weighted by Gasteiger charge is -2.25. The van der Waals surface area contributed by atoms with Gasteiger partial charge >= 0.3 is 6.03 Å². The van der Waals surface area contributed by atoms with Gasteiger partial charge in [-0.05, 0) is 44.4 Å². The van der Waals surface area contributed by atoms with Crippen molar-refractivity contribution in [2.75, 3.05) is 27.2 Å². The molecule has 1 aromatic rings. The third-order valence-electron chi connectivity index (χ3n) is 3.05. The van der Waals surface area contributed by atoms with Gasteiger partial charge in [0.2, 0.25) is 0 Å². The Hall–Kier alpha value is -1.75. The first-order chi connectivity index (χ1) is 9.81. The summed E-state index contributed by atoms with van der Waals surface area (Å²) < 4.78 is 5.11. The Morgan fingerprint density at radius 1 is 1.33 bits per heavy atom. The van der Waals surface area contributed by atoms with Gasteiger partial charge in [0.15, 0.2) is 0 Å². The molecule has 0 aliphatic heterocycles. The van der Waals surface area contributed by atoms with E-state index >= 15 is 0 Å². The van der Waals surface area contributed by atoms with E-state index in [4.69, 9.17) is 4.74 Å². The molecule has 21 heavy (non-hydrogen) atoms. The number of likely N-dealkylation sites (N-methyl/N-ethyl adjacent to an activating group) is 1. The van der Waals surface area contributed by atoms with Gasteiger partial charge in [-0.2, -0.15) is 0 Å². The van der Waals surface area contributed by atoms with Crippen molar-refractivity contribution >= 4 is 6.03 Å². The number of aryl methyl sites for hydroxylation is 1. The largest absolute Gasteiger partial charge is 0.497 e. The standard InChI is InChI=1S/C16H26N2O3/c1-16(2,20)12-18(3)15(19)17-11-5-6-13-7-9-14(21-4)10-8-13/h7-10,20H,5-6,11-12H2,1-4H3,(H,17,19). The number of methoxy groups -OCH3 is 1. The SMILES string of the molecule is COc1ccc(CCCNC(=O)N(C)CC(C)(C)O)cc1. The maximum atomic E-state index is 11.8. The molecule has 0 aromatic heterocycles. The van der Waals surface area contributed by atoms with E-state index in [1.807, 2.05) is 24.3 Å². The Bertz CT molecular complexity index is 438. The molecule has 0 fully saturated rings. The predicted molar refractivity (Wildman–Crippen MR) is 83.6 cm³/mol. The van der Waals surface area contributed by atoms with Crippen molar-refractivity contribution in [3.63, 3.8) is 0 Å². The minimum Gasteiger partial charge on any atom is -0.497 e. The molecule has 2 N–H and O–H groups in total. The van der Waals surface area contributed by atoms with Crippen LogP contribution in [-0.4, -0.2) is 48.9 Å². The van der Waals surface area contributed by atoms with E-state index in [1.165, 1.54) is 10.5 Å². The van der Waals surface area contributed by atoms with Crippen molar-refractivity contribution in [1.29, 1.82) is 0 Å². The Morgan fingerprint density at radius 2 is 1.95 bits per heavy atom. The van der Waals surface area contributed by atoms with Gasteiger partial charge < -0.3 is 20.1 Å². The van der Waals surface area contributed by atoms with Gasteiger partial charge in [-0.25, -0.2) is 4.79 Å². The zero-order valence-electron chi connectivity index (χ0n) is 13.3. The van der Waals surface area contributed by atoms with E-state index in [1.54, 1.807) is 28.0 Å². The lowest BCUT2D eigenvalue weighted by molar-refractivity contribution is 0.0532. The Labute approximate surface area is 126 Å². The topological polar surface area (TPSA) is 61.8 Å². The van der Waals surface area contributed by atoms with Gasteiger partial charge in [-0.3, -0.25) is 0 Å². The Morgan fingerprint density at radius 3 is 2.48 bits per heavy atom. The third-order valence-corrected chi connectivity index (χ3v) is 3.05. The highest BCUT2D eigenvalue weighted by Gasteiger charge is 2.18. The van der Waals surface area contributed by atoms with Crippen LogP contribution in [0.5, 0.6) is 5.75 Å². The van der Waals surface area contributed by atoms with E-state index in [2.05, 4.69) is 5.32 Å². The van der Waals surface area contributed by atoms with Crippen molar-refractivity contribution in [2.45, 2.75) is 32.3 Å². The first kappa shape index (κ1) is 17.3. The smallest absolute Gasteiger partial charge is 0.317 e. The van der Waals surface area contributed by atoms with E-state index < -0.39 is 5.60 Å². The van der Waals surface area contributed by atoms with Crippen LogP contribution in [0.25, 0.3) is 0 Å². The summed E-state index contributed by atoms with van der Waals surface area (Å²) in [5.41, 5.74) is 0.338. The zero-order valence-corrected chi connectivity index (χ0v) is 13.3. The monoisotopic (exact) mass is 294 g/mol. The highest BCUT2D eigenvalue weighted by Crippen LogP contribution is 2.12. The van der Waals surface area contributed by atoms with E-state index in [0.717, 1.165) is 18.6 Å². The summed E-state index contributed by atoms with van der Waals surface area (Å²) in [5.74, 6) is 0.847. The lowest BCUT2D eigenvalue weighted by atomic mass is 10.1. The molecule has 0 radical (unpaired) electrons. The number of benzene rings is 1. The fourth-order valence-electron chi connectivity index (χ4n) is 2.07. The van der Waals surface area contributed by atoms with Gasteiger partial charge in [-0.1, -0.05) is 12.1 Å². The molecule has 0 bridgehead atoms. The van der Waals surface area contributed by atoms with E-state index in [0.29, 0.717) is 13.1 Å². The number of amides is 2. The van der Waals surface area contributed by atoms with Gasteiger partial charge in [0, 0.05) is 13.6 Å². The minimum atomic E-state index is -0.880. The molecule has 2 amide bonds. The van der Waals surface area contributed by atoms with Crippen molar-refractivity contribution < 1.29 is 14.6 Å². The molecule has 0 aliphatic carbocycles. The molecular weight excluding hydrogens is 268 g/mol. The molecular formula is C16H26N2O3. The predicted octanol–water partition coefficient (Wildman–Crippen LogP) is 2.04. The van der Waals surface area contributed by atoms with Crippen molar-refractivity contribution in [2.24, 2.45) is 0 Å². The molecule has 0 aliphatic rings. The number of nitrogens with one attached hydrogen (secondary N) is 1. The van der Waals surface area contributed by atoms with Crippen LogP contribution >= 0.6 is 0 Å². The number of urea groups is 1. The summed E-state index contributed by atoms with van der Waals surface area (Å²) >= 11 is 0. The Balaban J connectivity index is 2.25. The number of aliphatic hydroxyl groups is 1. The molecule has 5 heteroatoms. The quantitative estimate of drug-likeness (QED) is 0.757. The highest BCUT2D eigenvalue weighted by molar-refractivity contribution is 5.73. The number of nitrogens with zero attached hydrogens (tertiary/aromatic N) is 1. The summed E-state index contributed by atoms with van der Waals surface area (Å²) in [7, 11) is 3.32. The lowest BCUT2D eigenvalue weighted by Crippen LogP contribution is -2.44. The number of carbonyl (C=O) groups is 1. The summed E-state index contributed by atoms with van der Waals surface area (Å²) in [6, 6.07) is 7.77. The summed E-state index contributed by atoms with van der Waals surface area (Å²) in [6.07, 6.45) is 1.77. The average Bonchev–Trinajstić information content (AvgIpc) is 2.42. The Kier molecular flexibility index (Phi) is 6.49. The normalized spacial score (nSPS) is 11.1. The molecule has 0 saturated carbocycles. The van der Waals surface area contributed by atoms with Crippen molar-refractivity contribution in [3.05, 3.63) is 29.8 Å². The number of rotatable bonds is 7. The van der Waals surface area contributed by atoms with Gasteiger partial charge in [0.25, 0.3) is 0 Å². The molecule has 0 saturated heterocycles. The second-order valence-electron chi connectivity index (χ2n) is 5.85. The summed E-state index contributed by atoms with van der Waals surface area (Å²) in [5, 5.41) is 12.5. The number of ether oxygens (including phenoxy) is 1. The first-order valence-corrected chi connectivity index (χ1v) is 7.16. The second kappa shape index (κ2) is 7.88. The maximum Gasteiger partial charge on any atom is 0.317 e. The van der Waals surface area contributed by atoms with Gasteiger partial charge in [-0.15, -0.1) is 0 Å². The second-order valence-corrected chi connectivity index (χ2v) is 5.85. The average molecular weight is 294 g/mol. The van der Waals surface area contributed by atoms with Crippen LogP contribution in [-0.2, 0) is 6.42 Å². The maximum absolute atomic E-state index is 11.8. The molecule has 0 unspecified atom stereocenters. The van der Waals surface area contributed by atoms with Crippen molar-refractivity contribution in [3.8, 4) is 5.75 Å². The fraction of sp³-hybridized carbons (Fsp3) is 0.562. The molecule has 1 rings (SSSR count). The molecule has 0 atom stereocenters. The molecule has 5 nitrogen and oxygen atoms in total. The third kappa shape index (κ3) is 6.99. The molecule has 0 heterocycles. The molecule has 1 aromatic carbocycles. The van der Waals surface area contributed by atoms with Gasteiger partial charge in [0.05, 0.1) is 19.3 Å². The van der Waals surface area contributed by atoms with Crippen LogP contribution < -0.4 is 10.1 Å². The van der Waals surface area contributed by atoms with Crippen LogP contribution in [0.2, 0.25) is 0 Å². The zero-order chi connectivity index (χ0) is 15.9. The van der Waals surface area contributed by atoms with Crippen molar-refractivity contribution in [1.82, 2.24) is 10.2 Å². The molecule has 0 spiro atoms. The minimum absolute atomic E-state index is 0.160. The van der Waals surface area contributed by atoms with Crippen LogP contribution in [0.15, 0.2) is 24.3 Å². The number of hydrogen-bond donors (Lipinski definition) is 2. The number of hydrogen-bond acceptors (Lipinski definition) is 3. The first-order valence-electron chi connectivity index (χ1n) is 7.16. The van der Waals surface area contributed by atoms with Crippen LogP contribution in [0, 0.1) is 0 Å². The van der Waals surface area contributed by atoms with E-state index in [9.17, 15) is 9.90 Å².